The molecule has 0 aliphatic heterocycles. The summed E-state index contributed by atoms with van der Waals surface area (Å²) in [6, 6.07) is 6.14. The zero-order valence-corrected chi connectivity index (χ0v) is 10.5. The molecule has 1 aromatic heterocycles. The van der Waals surface area contributed by atoms with E-state index in [0.717, 1.165) is 5.56 Å². The van der Waals surface area contributed by atoms with Gasteiger partial charge in [0.25, 0.3) is 5.69 Å². The molecule has 1 N–H and O–H groups in total. The Hall–Kier alpha value is -2.63. The van der Waals surface area contributed by atoms with Crippen LogP contribution in [0, 0.1) is 17.0 Å². The molecular formula is C13H12N2O4. The number of carbonyl (C=O) groups excluding carboxylic acids is 1. The lowest BCUT2D eigenvalue weighted by Gasteiger charge is -2.04. The maximum Gasteiger partial charge on any atom is 0.355 e. The Kier molecular flexibility index (Phi) is 3.33. The number of non-ortho nitro benzene ring substituents is 1. The van der Waals surface area contributed by atoms with Crippen LogP contribution in [0.1, 0.15) is 16.1 Å². The third kappa shape index (κ3) is 2.33. The minimum atomic E-state index is -0.505. The number of aromatic amines is 1. The van der Waals surface area contributed by atoms with Gasteiger partial charge in [-0.15, -0.1) is 0 Å². The van der Waals surface area contributed by atoms with Crippen molar-refractivity contribution in [2.75, 3.05) is 7.11 Å². The van der Waals surface area contributed by atoms with E-state index in [-0.39, 0.29) is 5.69 Å². The van der Waals surface area contributed by atoms with Crippen LogP contribution in [-0.2, 0) is 4.74 Å². The number of carbonyl (C=O) groups is 1. The van der Waals surface area contributed by atoms with E-state index < -0.39 is 10.9 Å². The molecule has 0 saturated carbocycles. The summed E-state index contributed by atoms with van der Waals surface area (Å²) in [6.07, 6.45) is 1.67. The van der Waals surface area contributed by atoms with E-state index in [9.17, 15) is 14.9 Å². The van der Waals surface area contributed by atoms with Crippen molar-refractivity contribution in [1.82, 2.24) is 4.98 Å². The molecule has 0 saturated heterocycles. The highest BCUT2D eigenvalue weighted by atomic mass is 16.6. The predicted molar refractivity (Wildman–Crippen MR) is 69.0 cm³/mol. The number of nitro groups is 1. The van der Waals surface area contributed by atoms with E-state index >= 15 is 0 Å². The van der Waals surface area contributed by atoms with Gasteiger partial charge in [-0.2, -0.15) is 0 Å². The van der Waals surface area contributed by atoms with Crippen molar-refractivity contribution in [3.63, 3.8) is 0 Å². The average molecular weight is 260 g/mol. The lowest BCUT2D eigenvalue weighted by Crippen LogP contribution is -2.03. The largest absolute Gasteiger partial charge is 0.464 e. The highest BCUT2D eigenvalue weighted by Crippen LogP contribution is 2.30. The van der Waals surface area contributed by atoms with Crippen molar-refractivity contribution in [2.45, 2.75) is 6.92 Å². The summed E-state index contributed by atoms with van der Waals surface area (Å²) in [6.45, 7) is 1.82. The monoisotopic (exact) mass is 260 g/mol. The summed E-state index contributed by atoms with van der Waals surface area (Å²) in [4.78, 5) is 24.8. The van der Waals surface area contributed by atoms with E-state index in [0.29, 0.717) is 16.8 Å². The van der Waals surface area contributed by atoms with Crippen LogP contribution in [0.15, 0.2) is 30.5 Å². The number of nitrogens with zero attached hydrogens (tertiary/aromatic N) is 1. The second kappa shape index (κ2) is 4.93. The molecule has 0 bridgehead atoms. The topological polar surface area (TPSA) is 85.2 Å². The minimum Gasteiger partial charge on any atom is -0.464 e. The summed E-state index contributed by atoms with van der Waals surface area (Å²) < 4.78 is 4.69. The highest BCUT2D eigenvalue weighted by molar-refractivity contribution is 5.96. The first-order valence-electron chi connectivity index (χ1n) is 5.55. The summed E-state index contributed by atoms with van der Waals surface area (Å²) in [7, 11) is 1.29. The van der Waals surface area contributed by atoms with Crippen LogP contribution in [0.25, 0.3) is 11.1 Å². The Morgan fingerprint density at radius 2 is 2.16 bits per heavy atom. The molecule has 0 fully saturated rings. The number of esters is 1. The number of ether oxygens (including phenoxy) is 1. The summed E-state index contributed by atoms with van der Waals surface area (Å²) in [5, 5.41) is 10.8. The molecule has 0 atom stereocenters. The van der Waals surface area contributed by atoms with Gasteiger partial charge in [0.2, 0.25) is 0 Å². The fourth-order valence-electron chi connectivity index (χ4n) is 1.93. The summed E-state index contributed by atoms with van der Waals surface area (Å²) >= 11 is 0. The van der Waals surface area contributed by atoms with E-state index in [1.165, 1.54) is 19.2 Å². The second-order valence-corrected chi connectivity index (χ2v) is 4.02. The van der Waals surface area contributed by atoms with E-state index in [4.69, 9.17) is 0 Å². The molecule has 2 aromatic rings. The first-order valence-corrected chi connectivity index (χ1v) is 5.55. The molecule has 1 heterocycles. The molecule has 0 aliphatic rings. The van der Waals surface area contributed by atoms with E-state index in [1.807, 2.05) is 6.92 Å². The van der Waals surface area contributed by atoms with Crippen molar-refractivity contribution in [1.29, 1.82) is 0 Å². The molecule has 0 aliphatic carbocycles. The molecule has 6 nitrogen and oxygen atoms in total. The fourth-order valence-corrected chi connectivity index (χ4v) is 1.93. The third-order valence-electron chi connectivity index (χ3n) is 2.81. The molecule has 1 aromatic carbocycles. The smallest absolute Gasteiger partial charge is 0.355 e. The first kappa shape index (κ1) is 12.8. The zero-order valence-electron chi connectivity index (χ0n) is 10.5. The van der Waals surface area contributed by atoms with Crippen LogP contribution in [0.2, 0.25) is 0 Å². The molecule has 2 rings (SSSR count). The molecule has 0 radical (unpaired) electrons. The number of nitrogens with one attached hydrogen (secondary N) is 1. The number of rotatable bonds is 3. The SMILES string of the molecule is COC(=O)c1[nH]cc(C)c1-c1cccc([N+](=O)[O-])c1. The predicted octanol–water partition coefficient (Wildman–Crippen LogP) is 2.68. The zero-order chi connectivity index (χ0) is 14.0. The Bertz CT molecular complexity index is 646. The van der Waals surface area contributed by atoms with Crippen LogP contribution < -0.4 is 0 Å². The van der Waals surface area contributed by atoms with Crippen molar-refractivity contribution in [2.24, 2.45) is 0 Å². The van der Waals surface area contributed by atoms with E-state index in [1.54, 1.807) is 18.3 Å². The molecule has 0 amide bonds. The van der Waals surface area contributed by atoms with Gasteiger partial charge in [0.15, 0.2) is 0 Å². The number of methoxy groups -OCH3 is 1. The van der Waals surface area contributed by atoms with Gasteiger partial charge < -0.3 is 9.72 Å². The second-order valence-electron chi connectivity index (χ2n) is 4.02. The van der Waals surface area contributed by atoms with Crippen LogP contribution in [-0.4, -0.2) is 23.0 Å². The quantitative estimate of drug-likeness (QED) is 0.522. The maximum atomic E-state index is 11.7. The summed E-state index contributed by atoms with van der Waals surface area (Å²) in [5.41, 5.74) is 2.32. The standard InChI is InChI=1S/C13H12N2O4/c1-8-7-14-12(13(16)19-2)11(8)9-4-3-5-10(6-9)15(17)18/h3-7,14H,1-2H3. The van der Waals surface area contributed by atoms with Gasteiger partial charge in [0.1, 0.15) is 5.69 Å². The van der Waals surface area contributed by atoms with E-state index in [2.05, 4.69) is 9.72 Å². The van der Waals surface area contributed by atoms with Crippen molar-refractivity contribution in [3.05, 3.63) is 51.8 Å². The number of hydrogen-bond donors (Lipinski definition) is 1. The van der Waals surface area contributed by atoms with Crippen molar-refractivity contribution in [3.8, 4) is 11.1 Å². The Balaban J connectivity index is 2.58. The minimum absolute atomic E-state index is 0.0195. The van der Waals surface area contributed by atoms with Gasteiger partial charge in [-0.05, 0) is 18.1 Å². The van der Waals surface area contributed by atoms with Gasteiger partial charge in [-0.1, -0.05) is 12.1 Å². The number of aryl methyl sites for hydroxylation is 1. The van der Waals surface area contributed by atoms with Crippen molar-refractivity contribution < 1.29 is 14.5 Å². The molecule has 6 heteroatoms. The third-order valence-corrected chi connectivity index (χ3v) is 2.81. The number of nitro benzene ring substituents is 1. The average Bonchev–Trinajstić information content (AvgIpc) is 2.80. The maximum absolute atomic E-state index is 11.7. The van der Waals surface area contributed by atoms with Gasteiger partial charge in [0.05, 0.1) is 12.0 Å². The Morgan fingerprint density at radius 3 is 2.79 bits per heavy atom. The molecular weight excluding hydrogens is 248 g/mol. The van der Waals surface area contributed by atoms with Crippen LogP contribution >= 0.6 is 0 Å². The van der Waals surface area contributed by atoms with Crippen LogP contribution in [0.4, 0.5) is 5.69 Å². The Morgan fingerprint density at radius 1 is 1.42 bits per heavy atom. The molecule has 0 unspecified atom stereocenters. The Labute approximate surface area is 109 Å². The number of benzene rings is 1. The van der Waals surface area contributed by atoms with Crippen LogP contribution in [0.3, 0.4) is 0 Å². The molecule has 98 valence electrons. The highest BCUT2D eigenvalue weighted by Gasteiger charge is 2.19. The van der Waals surface area contributed by atoms with Gasteiger partial charge >= 0.3 is 5.97 Å². The molecule has 0 spiro atoms. The number of H-pyrrole nitrogens is 1. The van der Waals surface area contributed by atoms with Crippen molar-refractivity contribution >= 4 is 11.7 Å². The first-order chi connectivity index (χ1) is 9.04. The lowest BCUT2D eigenvalue weighted by molar-refractivity contribution is -0.384. The fraction of sp³-hybridized carbons (Fsp3) is 0.154. The normalized spacial score (nSPS) is 10.2. The van der Waals surface area contributed by atoms with Gasteiger partial charge in [0, 0.05) is 23.9 Å². The van der Waals surface area contributed by atoms with Gasteiger partial charge in [-0.3, -0.25) is 10.1 Å². The van der Waals surface area contributed by atoms with Crippen LogP contribution in [0.5, 0.6) is 0 Å². The number of aromatic nitrogens is 1. The summed E-state index contributed by atoms with van der Waals surface area (Å²) in [5.74, 6) is -0.505. The lowest BCUT2D eigenvalue weighted by atomic mass is 10.0. The molecule has 19 heavy (non-hydrogen) atoms. The van der Waals surface area contributed by atoms with Gasteiger partial charge in [-0.25, -0.2) is 4.79 Å². The number of hydrogen-bond acceptors (Lipinski definition) is 4.